The van der Waals surface area contributed by atoms with Gasteiger partial charge in [0.05, 0.1) is 4.90 Å². The second-order valence-electron chi connectivity index (χ2n) is 8.47. The number of aromatic amines is 1. The van der Waals surface area contributed by atoms with Crippen molar-refractivity contribution in [2.75, 3.05) is 5.43 Å². The fourth-order valence-electron chi connectivity index (χ4n) is 4.06. The van der Waals surface area contributed by atoms with E-state index in [1.54, 1.807) is 10.7 Å². The standard InChI is InChI=1S/C24H24N4O3S.ClHO4/c1-14-6-5-7-18(12-14)22-20-13-19(32(25,30)31)8-9-21(20)26-23(22)24(29)27-28-16(3)10-15(2)11-17(28)4;2-1(3,4)5/h5-13H,1-4H3,(H3-,25,26,27,29,30,31);(H,2,3,4,5). The van der Waals surface area contributed by atoms with E-state index >= 15 is 0 Å². The molecule has 4 rings (SSSR count). The van der Waals surface area contributed by atoms with Gasteiger partial charge in [-0.2, -0.15) is 0 Å². The van der Waals surface area contributed by atoms with Crippen LogP contribution in [0.4, 0.5) is 0 Å². The number of halogens is 1. The summed E-state index contributed by atoms with van der Waals surface area (Å²) >= 11 is 0. The van der Waals surface area contributed by atoms with E-state index in [0.717, 1.165) is 28.1 Å². The Kier molecular flexibility index (Phi) is 8.05. The van der Waals surface area contributed by atoms with Crippen LogP contribution in [0.15, 0.2) is 59.5 Å². The number of rotatable bonds is 4. The van der Waals surface area contributed by atoms with Crippen LogP contribution in [-0.2, 0) is 10.0 Å². The van der Waals surface area contributed by atoms with Gasteiger partial charge in [0.15, 0.2) is 0 Å². The zero-order chi connectivity index (χ0) is 27.7. The summed E-state index contributed by atoms with van der Waals surface area (Å²) in [6.45, 7) is 7.81. The number of pyridine rings is 1. The number of carbonyl (C=O) groups excluding carboxylic acids is 1. The van der Waals surface area contributed by atoms with Gasteiger partial charge in [0.2, 0.25) is 21.4 Å². The highest BCUT2D eigenvalue weighted by molar-refractivity contribution is 7.89. The Labute approximate surface area is 215 Å². The number of nitrogens with one attached hydrogen (secondary N) is 2. The molecule has 0 aliphatic rings. The number of carbonyl (C=O) groups is 1. The number of aryl methyl sites for hydroxylation is 4. The van der Waals surface area contributed by atoms with Crippen LogP contribution >= 0.6 is 0 Å². The molecule has 0 bridgehead atoms. The van der Waals surface area contributed by atoms with Gasteiger partial charge in [0, 0.05) is 42.4 Å². The minimum atomic E-state index is -4.94. The minimum Gasteiger partial charge on any atom is -0.350 e. The highest BCUT2D eigenvalue weighted by Crippen LogP contribution is 2.34. The van der Waals surface area contributed by atoms with Crippen LogP contribution in [0.3, 0.4) is 0 Å². The maximum Gasteiger partial charge on any atom is 0.322 e. The van der Waals surface area contributed by atoms with E-state index in [0.29, 0.717) is 22.2 Å². The predicted octanol–water partition coefficient (Wildman–Crippen LogP) is -1.37. The molecule has 4 N–H and O–H groups in total. The van der Waals surface area contributed by atoms with Gasteiger partial charge >= 0.3 is 5.91 Å². The maximum absolute atomic E-state index is 13.4. The van der Waals surface area contributed by atoms with E-state index in [2.05, 4.69) is 10.4 Å². The summed E-state index contributed by atoms with van der Waals surface area (Å²) in [5, 5.41) is 5.96. The SMILES string of the molecule is Cc1cccc(-c2c(C(=O)N[n+]3c(C)cc(C)cc3C)[nH]c3ccc(S(N)(=O)=O)cc23)c1.[O-][Cl+3]([O-])([O-])[O-]. The highest BCUT2D eigenvalue weighted by Gasteiger charge is 2.25. The van der Waals surface area contributed by atoms with Crippen molar-refractivity contribution in [3.05, 3.63) is 82.8 Å². The largest absolute Gasteiger partial charge is 0.350 e. The molecule has 13 heteroatoms. The Bertz CT molecular complexity index is 1570. The molecule has 2 aromatic carbocycles. The first-order valence-electron chi connectivity index (χ1n) is 10.7. The summed E-state index contributed by atoms with van der Waals surface area (Å²) in [6.07, 6.45) is 0. The molecule has 0 fully saturated rings. The van der Waals surface area contributed by atoms with Crippen molar-refractivity contribution in [3.63, 3.8) is 0 Å². The lowest BCUT2D eigenvalue weighted by Gasteiger charge is -2.17. The summed E-state index contributed by atoms with van der Waals surface area (Å²) in [4.78, 5) is 16.6. The highest BCUT2D eigenvalue weighted by atomic mass is 35.7. The van der Waals surface area contributed by atoms with Crippen molar-refractivity contribution in [2.45, 2.75) is 32.6 Å². The monoisotopic (exact) mass is 548 g/mol. The first-order chi connectivity index (χ1) is 17.0. The van der Waals surface area contributed by atoms with Gasteiger partial charge in [-0.15, -0.1) is 15.7 Å². The summed E-state index contributed by atoms with van der Waals surface area (Å²) in [5.74, 6) is -0.338. The van der Waals surface area contributed by atoms with E-state index in [4.69, 9.17) is 23.8 Å². The first kappa shape index (κ1) is 28.2. The normalized spacial score (nSPS) is 11.7. The Hall–Kier alpha value is -3.36. The van der Waals surface area contributed by atoms with Crippen molar-refractivity contribution in [1.82, 2.24) is 4.98 Å². The Morgan fingerprint density at radius 1 is 0.919 bits per heavy atom. The van der Waals surface area contributed by atoms with Crippen LogP contribution in [0.25, 0.3) is 22.0 Å². The number of nitrogens with zero attached hydrogens (tertiary/aromatic N) is 1. The number of H-pyrrole nitrogens is 1. The average molecular weight is 549 g/mol. The molecule has 0 aliphatic heterocycles. The van der Waals surface area contributed by atoms with Crippen LogP contribution in [-0.4, -0.2) is 19.3 Å². The molecule has 196 valence electrons. The molecule has 4 aromatic rings. The lowest BCUT2D eigenvalue weighted by atomic mass is 10.00. The van der Waals surface area contributed by atoms with Gasteiger partial charge in [-0.3, -0.25) is 4.79 Å². The number of aromatic nitrogens is 2. The van der Waals surface area contributed by atoms with Crippen molar-refractivity contribution < 1.29 is 46.8 Å². The van der Waals surface area contributed by atoms with Gasteiger partial charge in [-0.05, 0) is 43.2 Å². The van der Waals surface area contributed by atoms with Gasteiger partial charge in [-0.25, -0.2) is 32.2 Å². The fraction of sp³-hybridized carbons (Fsp3) is 0.167. The van der Waals surface area contributed by atoms with Crippen LogP contribution < -0.4 is 33.9 Å². The van der Waals surface area contributed by atoms with Crippen LogP contribution in [0.5, 0.6) is 0 Å². The Morgan fingerprint density at radius 2 is 1.51 bits per heavy atom. The number of primary sulfonamides is 1. The number of hydrogen-bond donors (Lipinski definition) is 3. The topological polar surface area (TPSA) is 201 Å². The fourth-order valence-corrected chi connectivity index (χ4v) is 4.60. The van der Waals surface area contributed by atoms with Crippen LogP contribution in [0.1, 0.15) is 33.0 Å². The molecule has 0 radical (unpaired) electrons. The van der Waals surface area contributed by atoms with Crippen LogP contribution in [0.2, 0.25) is 0 Å². The molecule has 2 aromatic heterocycles. The summed E-state index contributed by atoms with van der Waals surface area (Å²) in [5.41, 5.74) is 9.26. The van der Waals surface area contributed by atoms with E-state index in [9.17, 15) is 13.2 Å². The van der Waals surface area contributed by atoms with Gasteiger partial charge < -0.3 is 4.98 Å². The van der Waals surface area contributed by atoms with Gasteiger partial charge in [-0.1, -0.05) is 34.5 Å². The second kappa shape index (κ2) is 10.6. The zero-order valence-electron chi connectivity index (χ0n) is 20.4. The molecule has 37 heavy (non-hydrogen) atoms. The maximum atomic E-state index is 13.4. The summed E-state index contributed by atoms with van der Waals surface area (Å²) in [6, 6.07) is 16.2. The third-order valence-electron chi connectivity index (χ3n) is 5.42. The van der Waals surface area contributed by atoms with Crippen molar-refractivity contribution in [2.24, 2.45) is 5.14 Å². The molecular formula is C24H25ClN4O7S. The Morgan fingerprint density at radius 3 is 2.05 bits per heavy atom. The lowest BCUT2D eigenvalue weighted by molar-refractivity contribution is -2.00. The molecule has 0 unspecified atom stereocenters. The van der Waals surface area contributed by atoms with E-state index in [1.807, 2.05) is 64.1 Å². The van der Waals surface area contributed by atoms with E-state index < -0.39 is 20.3 Å². The second-order valence-corrected chi connectivity index (χ2v) is 10.8. The molecule has 0 saturated carbocycles. The number of hydrogen-bond acceptors (Lipinski definition) is 7. The minimum absolute atomic E-state index is 0.00976. The number of sulfonamides is 1. The third kappa shape index (κ3) is 7.11. The van der Waals surface area contributed by atoms with Crippen molar-refractivity contribution in [1.29, 1.82) is 0 Å². The zero-order valence-corrected chi connectivity index (χ0v) is 21.9. The van der Waals surface area contributed by atoms with Crippen molar-refractivity contribution in [3.8, 4) is 11.1 Å². The summed E-state index contributed by atoms with van der Waals surface area (Å²) < 4.78 is 59.6. The molecule has 0 atom stereocenters. The molecule has 0 aliphatic carbocycles. The van der Waals surface area contributed by atoms with Gasteiger partial charge in [0.1, 0.15) is 5.69 Å². The lowest BCUT2D eigenvalue weighted by Crippen LogP contribution is -2.68. The molecule has 1 amide bonds. The van der Waals surface area contributed by atoms with Crippen LogP contribution in [0, 0.1) is 37.9 Å². The summed E-state index contributed by atoms with van der Waals surface area (Å²) in [7, 11) is -8.84. The van der Waals surface area contributed by atoms with E-state index in [-0.39, 0.29) is 10.8 Å². The first-order valence-corrected chi connectivity index (χ1v) is 13.5. The number of nitrogens with two attached hydrogens (primary N) is 1. The Balaban J connectivity index is 0.000000695. The molecule has 2 heterocycles. The van der Waals surface area contributed by atoms with Gasteiger partial charge in [0.25, 0.3) is 0 Å². The average Bonchev–Trinajstić information content (AvgIpc) is 3.13. The molecule has 0 saturated heterocycles. The number of fused-ring (bicyclic) bond motifs is 1. The molecular weight excluding hydrogens is 524 g/mol. The smallest absolute Gasteiger partial charge is 0.322 e. The molecule has 11 nitrogen and oxygen atoms in total. The predicted molar refractivity (Wildman–Crippen MR) is 124 cm³/mol. The van der Waals surface area contributed by atoms with Crippen molar-refractivity contribution >= 4 is 26.8 Å². The molecule has 0 spiro atoms. The number of benzene rings is 2. The third-order valence-corrected chi connectivity index (χ3v) is 6.34. The quantitative estimate of drug-likeness (QED) is 0.261. The number of amides is 1. The van der Waals surface area contributed by atoms with E-state index in [1.165, 1.54) is 12.1 Å².